The molecule has 0 aliphatic rings. The van der Waals surface area contributed by atoms with Crippen molar-refractivity contribution in [1.29, 1.82) is 0 Å². The van der Waals surface area contributed by atoms with Gasteiger partial charge in [0.1, 0.15) is 0 Å². The molecular formula is H3AlO2Zr. The maximum absolute atomic E-state index is 8.28. The molecule has 0 heterocycles. The maximum atomic E-state index is 8.28. The zero-order valence-electron chi connectivity index (χ0n) is 2.12. The molecule has 0 atom stereocenters. The average molecular weight is 153 g/mol. The number of rotatable bonds is 0. The van der Waals surface area contributed by atoms with Crippen molar-refractivity contribution in [2.24, 2.45) is 0 Å². The fourth-order valence-corrected chi connectivity index (χ4v) is 0. The SMILES string of the molecule is O.[O]=[AlH].[Zr]. The summed E-state index contributed by atoms with van der Waals surface area (Å²) in [5.41, 5.74) is 0. The second-order valence-corrected chi connectivity index (χ2v) is 0. The molecule has 4 heteroatoms. The Morgan fingerprint density at radius 3 is 1.25 bits per heavy atom. The Labute approximate surface area is 51.6 Å². The molecule has 0 amide bonds. The van der Waals surface area contributed by atoms with Crippen molar-refractivity contribution in [2.75, 3.05) is 0 Å². The van der Waals surface area contributed by atoms with Gasteiger partial charge in [-0.15, -0.1) is 0 Å². The van der Waals surface area contributed by atoms with Gasteiger partial charge in [-0.3, -0.25) is 0 Å². The second kappa shape index (κ2) is 30.5. The van der Waals surface area contributed by atoms with Crippen molar-refractivity contribution < 1.29 is 35.5 Å². The monoisotopic (exact) mass is 152 g/mol. The maximum Gasteiger partial charge on any atom is 0 e. The van der Waals surface area contributed by atoms with Gasteiger partial charge in [0, 0.05) is 26.2 Å². The van der Waals surface area contributed by atoms with Gasteiger partial charge >= 0.3 is 20.0 Å². The summed E-state index contributed by atoms with van der Waals surface area (Å²) >= 11 is 0.611. The molecule has 0 saturated carbocycles. The molecule has 22 valence electrons. The van der Waals surface area contributed by atoms with E-state index in [1.54, 1.807) is 0 Å². The van der Waals surface area contributed by atoms with Gasteiger partial charge < -0.3 is 5.48 Å². The Hall–Kier alpha value is 1.18. The van der Waals surface area contributed by atoms with E-state index in [4.69, 9.17) is 3.80 Å². The summed E-state index contributed by atoms with van der Waals surface area (Å²) in [5, 5.41) is 0. The van der Waals surface area contributed by atoms with Crippen LogP contribution in [0.3, 0.4) is 0 Å². The summed E-state index contributed by atoms with van der Waals surface area (Å²) < 4.78 is 8.28. The van der Waals surface area contributed by atoms with Crippen LogP contribution in [-0.2, 0) is 30.0 Å². The Kier molecular flexibility index (Phi) is 145. The average Bonchev–Trinajstić information content (AvgIpc) is 1.00. The summed E-state index contributed by atoms with van der Waals surface area (Å²) in [6.45, 7) is 0. The number of hydrogen-bond acceptors (Lipinski definition) is 1. The number of hydrogen-bond donors (Lipinski definition) is 0. The zero-order chi connectivity index (χ0) is 2.00. The van der Waals surface area contributed by atoms with Crippen LogP contribution in [0, 0.1) is 0 Å². The zero-order valence-corrected chi connectivity index (χ0v) is 5.99. The summed E-state index contributed by atoms with van der Waals surface area (Å²) in [7, 11) is 0. The fourth-order valence-electron chi connectivity index (χ4n) is 0. The molecule has 0 saturated heterocycles. The van der Waals surface area contributed by atoms with Crippen molar-refractivity contribution in [3.8, 4) is 0 Å². The smallest absolute Gasteiger partial charge is 0 e. The Morgan fingerprint density at radius 2 is 1.25 bits per heavy atom. The molecule has 0 rings (SSSR count). The topological polar surface area (TPSA) is 48.6 Å². The first-order valence-corrected chi connectivity index (χ1v) is 0.866. The summed E-state index contributed by atoms with van der Waals surface area (Å²) in [5.74, 6) is 0. The van der Waals surface area contributed by atoms with Crippen LogP contribution in [0.5, 0.6) is 0 Å². The predicted molar refractivity (Wildman–Crippen MR) is 11.4 cm³/mol. The van der Waals surface area contributed by atoms with Crippen LogP contribution < -0.4 is 0 Å². The van der Waals surface area contributed by atoms with Gasteiger partial charge in [0.15, 0.2) is 0 Å². The molecule has 0 unspecified atom stereocenters. The molecule has 4 heavy (non-hydrogen) atoms. The van der Waals surface area contributed by atoms with E-state index in [0.29, 0.717) is 16.2 Å². The molecule has 0 aromatic heterocycles. The van der Waals surface area contributed by atoms with E-state index in [9.17, 15) is 0 Å². The molecule has 0 aromatic carbocycles. The van der Waals surface area contributed by atoms with Crippen LogP contribution in [0.25, 0.3) is 0 Å². The largest absolute Gasteiger partial charge is 0 e. The van der Waals surface area contributed by atoms with E-state index < -0.39 is 0 Å². The third kappa shape index (κ3) is 10.9. The molecule has 0 spiro atoms. The van der Waals surface area contributed by atoms with Crippen LogP contribution in [0.2, 0.25) is 0 Å². The van der Waals surface area contributed by atoms with Gasteiger partial charge in [-0.05, 0) is 0 Å². The van der Waals surface area contributed by atoms with E-state index in [2.05, 4.69) is 0 Å². The van der Waals surface area contributed by atoms with Crippen molar-refractivity contribution in [1.82, 2.24) is 0 Å². The molecule has 0 radical (unpaired) electrons. The Balaban J connectivity index is -0.00000000500. The Bertz CT molecular complexity index is 6.00. The van der Waals surface area contributed by atoms with Gasteiger partial charge in [-0.1, -0.05) is 0 Å². The van der Waals surface area contributed by atoms with E-state index in [1.165, 1.54) is 0 Å². The van der Waals surface area contributed by atoms with E-state index in [1.807, 2.05) is 0 Å². The van der Waals surface area contributed by atoms with Gasteiger partial charge in [0.05, 0.1) is 0 Å². The summed E-state index contributed by atoms with van der Waals surface area (Å²) in [6, 6.07) is 0. The third-order valence-corrected chi connectivity index (χ3v) is 0. The van der Waals surface area contributed by atoms with Gasteiger partial charge in [0.2, 0.25) is 0 Å². The van der Waals surface area contributed by atoms with Crippen LogP contribution in [0.4, 0.5) is 0 Å². The molecular weight excluding hydrogens is 150 g/mol. The Morgan fingerprint density at radius 1 is 1.25 bits per heavy atom. The molecule has 2 nitrogen and oxygen atoms in total. The minimum Gasteiger partial charge on any atom is 0 e. The van der Waals surface area contributed by atoms with E-state index in [-0.39, 0.29) is 31.7 Å². The van der Waals surface area contributed by atoms with Crippen molar-refractivity contribution >= 4 is 16.2 Å². The first-order valence-electron chi connectivity index (χ1n) is 0.289. The molecule has 0 aliphatic carbocycles. The van der Waals surface area contributed by atoms with Crippen molar-refractivity contribution in [3.63, 3.8) is 0 Å². The van der Waals surface area contributed by atoms with Gasteiger partial charge in [0.25, 0.3) is 0 Å². The second-order valence-electron chi connectivity index (χ2n) is 0. The summed E-state index contributed by atoms with van der Waals surface area (Å²) in [4.78, 5) is 0. The summed E-state index contributed by atoms with van der Waals surface area (Å²) in [6.07, 6.45) is 0. The van der Waals surface area contributed by atoms with Crippen molar-refractivity contribution in [3.05, 3.63) is 0 Å². The minimum atomic E-state index is 0. The molecule has 0 aliphatic heterocycles. The van der Waals surface area contributed by atoms with Crippen LogP contribution >= 0.6 is 0 Å². The van der Waals surface area contributed by atoms with E-state index >= 15 is 0 Å². The van der Waals surface area contributed by atoms with Gasteiger partial charge in [-0.2, -0.15) is 0 Å². The van der Waals surface area contributed by atoms with Crippen LogP contribution in [-0.4, -0.2) is 21.7 Å². The van der Waals surface area contributed by atoms with Crippen LogP contribution in [0.15, 0.2) is 0 Å². The molecule has 0 bridgehead atoms. The van der Waals surface area contributed by atoms with Crippen molar-refractivity contribution in [2.45, 2.75) is 0 Å². The normalized spacial score (nSPS) is 0.750. The third-order valence-electron chi connectivity index (χ3n) is 0. The van der Waals surface area contributed by atoms with E-state index in [0.717, 1.165) is 0 Å². The first-order chi connectivity index (χ1) is 1.00. The molecule has 0 aromatic rings. The minimum absolute atomic E-state index is 0. The standard InChI is InChI=1S/Al.H2O.O.Zr.H/h;1H2;;;. The van der Waals surface area contributed by atoms with Gasteiger partial charge in [-0.25, -0.2) is 0 Å². The molecule has 2 N–H and O–H groups in total. The predicted octanol–water partition coefficient (Wildman–Crippen LogP) is -1.59. The van der Waals surface area contributed by atoms with Crippen LogP contribution in [0.1, 0.15) is 0 Å². The first kappa shape index (κ1) is 19.1. The molecule has 0 fully saturated rings. The quantitative estimate of drug-likeness (QED) is 0.387. The fraction of sp³-hybridized carbons (Fsp3) is 0.